The number of anilines is 1. The van der Waals surface area contributed by atoms with E-state index in [2.05, 4.69) is 5.32 Å². The first-order chi connectivity index (χ1) is 13.6. The summed E-state index contributed by atoms with van der Waals surface area (Å²) in [5, 5.41) is 5.59. The normalized spacial score (nSPS) is 12.6. The third-order valence-corrected chi connectivity index (χ3v) is 5.94. The summed E-state index contributed by atoms with van der Waals surface area (Å²) in [6.07, 6.45) is 0. The number of hydrogen-bond acceptors (Lipinski definition) is 3. The van der Waals surface area contributed by atoms with Crippen LogP contribution in [0.4, 0.5) is 5.69 Å². The fourth-order valence-electron chi connectivity index (χ4n) is 3.42. The topological polar surface area (TPSA) is 49.4 Å². The van der Waals surface area contributed by atoms with Crippen LogP contribution < -0.4 is 10.2 Å². The van der Waals surface area contributed by atoms with Crippen LogP contribution in [0.3, 0.4) is 0 Å². The van der Waals surface area contributed by atoms with Crippen molar-refractivity contribution in [1.82, 2.24) is 5.32 Å². The second kappa shape index (κ2) is 8.25. The lowest BCUT2D eigenvalue weighted by Crippen LogP contribution is -2.39. The minimum atomic E-state index is -0.151. The van der Waals surface area contributed by atoms with E-state index in [1.54, 1.807) is 16.7 Å². The van der Waals surface area contributed by atoms with E-state index in [9.17, 15) is 9.59 Å². The Hall–Kier alpha value is -2.50. The van der Waals surface area contributed by atoms with Gasteiger partial charge in [-0.25, -0.2) is 0 Å². The van der Waals surface area contributed by atoms with Crippen molar-refractivity contribution < 1.29 is 9.59 Å². The third-order valence-electron chi connectivity index (χ3n) is 4.68. The molecule has 1 aliphatic rings. The predicted molar refractivity (Wildman–Crippen MR) is 116 cm³/mol. The zero-order chi connectivity index (χ0) is 19.5. The van der Waals surface area contributed by atoms with Gasteiger partial charge in [-0.15, -0.1) is 0 Å². The van der Waals surface area contributed by atoms with E-state index >= 15 is 0 Å². The molecule has 0 saturated heterocycles. The molecule has 0 aromatic heterocycles. The highest BCUT2D eigenvalue weighted by Crippen LogP contribution is 2.36. The van der Waals surface area contributed by atoms with Crippen LogP contribution in [0.2, 0.25) is 5.02 Å². The number of rotatable bonds is 7. The summed E-state index contributed by atoms with van der Waals surface area (Å²) < 4.78 is 0. The largest absolute Gasteiger partial charge is 0.354 e. The Bertz CT molecular complexity index is 1050. The Labute approximate surface area is 172 Å². The van der Waals surface area contributed by atoms with Gasteiger partial charge in [0.15, 0.2) is 0 Å². The first-order valence-electron chi connectivity index (χ1n) is 9.06. The zero-order valence-electron chi connectivity index (χ0n) is 15.2. The number of halogens is 1. The number of nitrogens with one attached hydrogen (secondary N) is 1. The SMILES string of the molecule is O=C(CN1C(=O)c2cccc3cccc1c23)NCCSCc1cccc(Cl)c1. The van der Waals surface area contributed by atoms with Crippen molar-refractivity contribution in [3.8, 4) is 0 Å². The van der Waals surface area contributed by atoms with Crippen LogP contribution in [0.25, 0.3) is 10.8 Å². The number of amides is 2. The Morgan fingerprint density at radius 1 is 1.07 bits per heavy atom. The summed E-state index contributed by atoms with van der Waals surface area (Å²) >= 11 is 7.72. The molecule has 1 aliphatic heterocycles. The van der Waals surface area contributed by atoms with Gasteiger partial charge >= 0.3 is 0 Å². The highest BCUT2D eigenvalue weighted by molar-refractivity contribution is 7.98. The quantitative estimate of drug-likeness (QED) is 0.583. The molecule has 0 aliphatic carbocycles. The first kappa shape index (κ1) is 18.8. The van der Waals surface area contributed by atoms with Crippen LogP contribution in [-0.2, 0) is 10.5 Å². The average Bonchev–Trinajstić information content (AvgIpc) is 2.96. The van der Waals surface area contributed by atoms with E-state index in [0.717, 1.165) is 38.6 Å². The maximum atomic E-state index is 12.7. The second-order valence-corrected chi connectivity index (χ2v) is 8.15. The van der Waals surface area contributed by atoms with Gasteiger partial charge in [0.25, 0.3) is 5.91 Å². The minimum Gasteiger partial charge on any atom is -0.354 e. The van der Waals surface area contributed by atoms with Crippen molar-refractivity contribution in [3.05, 3.63) is 76.8 Å². The molecule has 1 heterocycles. The molecular weight excluding hydrogens is 392 g/mol. The molecule has 4 nitrogen and oxygen atoms in total. The molecule has 3 aromatic rings. The van der Waals surface area contributed by atoms with Crippen LogP contribution in [0.15, 0.2) is 60.7 Å². The van der Waals surface area contributed by atoms with Crippen molar-refractivity contribution in [2.75, 3.05) is 23.7 Å². The Morgan fingerprint density at radius 2 is 1.86 bits per heavy atom. The van der Waals surface area contributed by atoms with Crippen molar-refractivity contribution in [2.24, 2.45) is 0 Å². The Balaban J connectivity index is 1.29. The second-order valence-electron chi connectivity index (χ2n) is 6.60. The van der Waals surface area contributed by atoms with E-state index < -0.39 is 0 Å². The zero-order valence-corrected chi connectivity index (χ0v) is 16.7. The van der Waals surface area contributed by atoms with E-state index in [1.165, 1.54) is 0 Å². The maximum Gasteiger partial charge on any atom is 0.259 e. The minimum absolute atomic E-state index is 0.0333. The van der Waals surface area contributed by atoms with Crippen LogP contribution in [-0.4, -0.2) is 30.7 Å². The maximum absolute atomic E-state index is 12.7. The summed E-state index contributed by atoms with van der Waals surface area (Å²) in [5.74, 6) is 1.37. The molecule has 3 aromatic carbocycles. The van der Waals surface area contributed by atoms with Gasteiger partial charge in [-0.3, -0.25) is 14.5 Å². The fraction of sp³-hybridized carbons (Fsp3) is 0.182. The molecule has 0 atom stereocenters. The Kier molecular flexibility index (Phi) is 5.55. The molecule has 0 bridgehead atoms. The predicted octanol–water partition coefficient (Wildman–Crippen LogP) is 4.50. The first-order valence-corrected chi connectivity index (χ1v) is 10.6. The monoisotopic (exact) mass is 410 g/mol. The molecule has 6 heteroatoms. The Morgan fingerprint density at radius 3 is 2.68 bits per heavy atom. The summed E-state index contributed by atoms with van der Waals surface area (Å²) in [6.45, 7) is 0.592. The van der Waals surface area contributed by atoms with Crippen LogP contribution >= 0.6 is 23.4 Å². The van der Waals surface area contributed by atoms with Gasteiger partial charge in [-0.1, -0.05) is 48.0 Å². The summed E-state index contributed by atoms with van der Waals surface area (Å²) in [7, 11) is 0. The lowest BCUT2D eigenvalue weighted by atomic mass is 10.1. The van der Waals surface area contributed by atoms with E-state index in [0.29, 0.717) is 12.1 Å². The number of thioether (sulfide) groups is 1. The van der Waals surface area contributed by atoms with Crippen LogP contribution in [0.1, 0.15) is 15.9 Å². The molecule has 2 amide bonds. The summed E-state index contributed by atoms with van der Waals surface area (Å²) in [5.41, 5.74) is 2.64. The van der Waals surface area contributed by atoms with Gasteiger partial charge in [0.2, 0.25) is 5.91 Å². The highest BCUT2D eigenvalue weighted by Gasteiger charge is 2.30. The average molecular weight is 411 g/mol. The van der Waals surface area contributed by atoms with Crippen LogP contribution in [0, 0.1) is 0 Å². The third kappa shape index (κ3) is 3.86. The van der Waals surface area contributed by atoms with Crippen molar-refractivity contribution in [3.63, 3.8) is 0 Å². The summed E-state index contributed by atoms with van der Waals surface area (Å²) in [4.78, 5) is 26.6. The van der Waals surface area contributed by atoms with E-state index in [4.69, 9.17) is 11.6 Å². The lowest BCUT2D eigenvalue weighted by molar-refractivity contribution is -0.119. The van der Waals surface area contributed by atoms with Crippen molar-refractivity contribution in [1.29, 1.82) is 0 Å². The molecule has 142 valence electrons. The number of benzene rings is 3. The molecule has 0 radical (unpaired) electrons. The van der Waals surface area contributed by atoms with Gasteiger partial charge in [0.05, 0.1) is 5.69 Å². The lowest BCUT2D eigenvalue weighted by Gasteiger charge is -2.17. The molecule has 0 spiro atoms. The molecule has 28 heavy (non-hydrogen) atoms. The van der Waals surface area contributed by atoms with Crippen molar-refractivity contribution in [2.45, 2.75) is 5.75 Å². The highest BCUT2D eigenvalue weighted by atomic mass is 35.5. The number of carbonyl (C=O) groups is 2. The van der Waals surface area contributed by atoms with Gasteiger partial charge in [-0.2, -0.15) is 11.8 Å². The molecule has 0 unspecified atom stereocenters. The number of carbonyl (C=O) groups excluding carboxylic acids is 2. The molecule has 1 N–H and O–H groups in total. The standard InChI is InChI=1S/C22H19ClN2O2S/c23-17-7-1-4-15(12-17)14-28-11-10-24-20(26)13-25-19-9-3-6-16-5-2-8-18(21(16)19)22(25)27/h1-9,12H,10-11,13-14H2,(H,24,26). The van der Waals surface area contributed by atoms with Gasteiger partial charge in [0.1, 0.15) is 6.54 Å². The van der Waals surface area contributed by atoms with Gasteiger partial charge in [0, 0.05) is 34.0 Å². The van der Waals surface area contributed by atoms with E-state index in [-0.39, 0.29) is 18.4 Å². The van der Waals surface area contributed by atoms with Gasteiger partial charge in [-0.05, 0) is 35.2 Å². The smallest absolute Gasteiger partial charge is 0.259 e. The molecule has 0 fully saturated rings. The number of nitrogens with zero attached hydrogens (tertiary/aromatic N) is 1. The molecular formula is C22H19ClN2O2S. The fourth-order valence-corrected chi connectivity index (χ4v) is 4.43. The number of hydrogen-bond donors (Lipinski definition) is 1. The molecule has 0 saturated carbocycles. The van der Waals surface area contributed by atoms with Gasteiger partial charge < -0.3 is 5.32 Å². The summed E-state index contributed by atoms with van der Waals surface area (Å²) in [6, 6.07) is 19.2. The van der Waals surface area contributed by atoms with Crippen molar-refractivity contribution >= 4 is 51.6 Å². The molecule has 4 rings (SSSR count). The van der Waals surface area contributed by atoms with E-state index in [1.807, 2.05) is 60.7 Å². The van der Waals surface area contributed by atoms with Crippen LogP contribution in [0.5, 0.6) is 0 Å².